The van der Waals surface area contributed by atoms with Crippen LogP contribution in [-0.2, 0) is 0 Å². The summed E-state index contributed by atoms with van der Waals surface area (Å²) in [5.41, 5.74) is 1.36. The number of rotatable bonds is 3. The monoisotopic (exact) mass is 325 g/mol. The zero-order valence-electron chi connectivity index (χ0n) is 12.9. The van der Waals surface area contributed by atoms with Gasteiger partial charge < -0.3 is 10.0 Å². The maximum Gasteiger partial charge on any atom is 0.185 e. The van der Waals surface area contributed by atoms with E-state index in [9.17, 15) is 9.50 Å². The maximum atomic E-state index is 13.1. The highest BCUT2D eigenvalue weighted by molar-refractivity contribution is 5.59. The van der Waals surface area contributed by atoms with E-state index in [1.807, 2.05) is 23.1 Å². The molecule has 0 saturated heterocycles. The molecule has 3 heterocycles. The van der Waals surface area contributed by atoms with Gasteiger partial charge in [0.25, 0.3) is 0 Å². The van der Waals surface area contributed by atoms with Gasteiger partial charge in [-0.1, -0.05) is 12.2 Å². The highest BCUT2D eigenvalue weighted by Gasteiger charge is 2.20. The molecule has 0 spiro atoms. The first kappa shape index (κ1) is 14.8. The number of aliphatic hydroxyl groups is 1. The lowest BCUT2D eigenvalue weighted by molar-refractivity contribution is 0.275. The van der Waals surface area contributed by atoms with Gasteiger partial charge in [0.2, 0.25) is 0 Å². The predicted molar refractivity (Wildman–Crippen MR) is 88.2 cm³/mol. The van der Waals surface area contributed by atoms with Crippen molar-refractivity contribution < 1.29 is 9.50 Å². The molecule has 1 aliphatic heterocycles. The van der Waals surface area contributed by atoms with Gasteiger partial charge in [-0.05, 0) is 42.8 Å². The van der Waals surface area contributed by atoms with Crippen molar-refractivity contribution in [2.45, 2.75) is 12.5 Å². The number of benzene rings is 1. The van der Waals surface area contributed by atoms with Crippen molar-refractivity contribution in [2.75, 3.05) is 18.1 Å². The lowest BCUT2D eigenvalue weighted by Crippen LogP contribution is -2.40. The molecule has 0 amide bonds. The van der Waals surface area contributed by atoms with E-state index in [4.69, 9.17) is 0 Å². The highest BCUT2D eigenvalue weighted by atomic mass is 19.1. The third-order valence-electron chi connectivity index (χ3n) is 4.13. The average Bonchev–Trinajstić information content (AvgIpc) is 3.05. The predicted octanol–water partition coefficient (Wildman–Crippen LogP) is 2.06. The zero-order chi connectivity index (χ0) is 16.5. The lowest BCUT2D eigenvalue weighted by atomic mass is 10.1. The highest BCUT2D eigenvalue weighted by Crippen LogP contribution is 2.22. The summed E-state index contributed by atoms with van der Waals surface area (Å²) in [5.74, 6) is 1.00. The van der Waals surface area contributed by atoms with Crippen LogP contribution in [0, 0.1) is 5.82 Å². The quantitative estimate of drug-likeness (QED) is 0.747. The molecule has 1 N–H and O–H groups in total. The molecular weight excluding hydrogens is 309 g/mol. The molecule has 0 fully saturated rings. The van der Waals surface area contributed by atoms with E-state index >= 15 is 0 Å². The smallest absolute Gasteiger partial charge is 0.185 e. The summed E-state index contributed by atoms with van der Waals surface area (Å²) in [7, 11) is 0. The number of nitrogens with zero attached hydrogens (tertiary/aromatic N) is 5. The summed E-state index contributed by atoms with van der Waals surface area (Å²) < 4.78 is 14.8. The Labute approximate surface area is 137 Å². The number of anilines is 1. The van der Waals surface area contributed by atoms with Gasteiger partial charge in [-0.3, -0.25) is 0 Å². The Bertz CT molecular complexity index is 890. The number of hydrogen-bond donors (Lipinski definition) is 1. The first-order chi connectivity index (χ1) is 11.8. The molecular formula is C17H16FN5O. The van der Waals surface area contributed by atoms with Crippen molar-refractivity contribution in [3.8, 4) is 11.4 Å². The molecule has 1 aliphatic rings. The van der Waals surface area contributed by atoms with Crippen LogP contribution in [0.5, 0.6) is 0 Å². The number of aromatic nitrogens is 4. The standard InChI is InChI=1S/C17H16FN5O/c18-13-6-4-12(5-7-13)17-20-19-15-8-9-16(21-23(15)17)22-10-2-1-3-14(22)11-24/h1,3-9,14,24H,2,10-11H2. The van der Waals surface area contributed by atoms with Crippen molar-refractivity contribution in [3.05, 3.63) is 54.4 Å². The molecule has 2 aromatic heterocycles. The molecule has 1 atom stereocenters. The van der Waals surface area contributed by atoms with E-state index in [0.717, 1.165) is 24.3 Å². The summed E-state index contributed by atoms with van der Waals surface area (Å²) in [5, 5.41) is 22.5. The molecule has 24 heavy (non-hydrogen) atoms. The minimum atomic E-state index is -0.299. The molecule has 0 radical (unpaired) electrons. The number of aliphatic hydroxyl groups excluding tert-OH is 1. The molecule has 0 aliphatic carbocycles. The van der Waals surface area contributed by atoms with E-state index in [0.29, 0.717) is 11.5 Å². The van der Waals surface area contributed by atoms with Gasteiger partial charge in [-0.2, -0.15) is 4.52 Å². The van der Waals surface area contributed by atoms with Crippen molar-refractivity contribution in [1.82, 2.24) is 19.8 Å². The van der Waals surface area contributed by atoms with Gasteiger partial charge in [0.05, 0.1) is 12.6 Å². The van der Waals surface area contributed by atoms with Crippen LogP contribution >= 0.6 is 0 Å². The molecule has 0 saturated carbocycles. The largest absolute Gasteiger partial charge is 0.394 e. The fourth-order valence-corrected chi connectivity index (χ4v) is 2.89. The summed E-state index contributed by atoms with van der Waals surface area (Å²) in [4.78, 5) is 2.05. The second-order valence-electron chi connectivity index (χ2n) is 5.65. The second-order valence-corrected chi connectivity index (χ2v) is 5.65. The molecule has 4 rings (SSSR count). The summed E-state index contributed by atoms with van der Waals surface area (Å²) in [6.07, 6.45) is 4.96. The van der Waals surface area contributed by atoms with Crippen molar-refractivity contribution in [2.24, 2.45) is 0 Å². The van der Waals surface area contributed by atoms with E-state index in [-0.39, 0.29) is 18.5 Å². The molecule has 6 nitrogen and oxygen atoms in total. The molecule has 3 aromatic rings. The average molecular weight is 325 g/mol. The third-order valence-corrected chi connectivity index (χ3v) is 4.13. The minimum absolute atomic E-state index is 0.0310. The Morgan fingerprint density at radius 2 is 1.96 bits per heavy atom. The van der Waals surface area contributed by atoms with Crippen LogP contribution in [0.4, 0.5) is 10.2 Å². The molecule has 1 unspecified atom stereocenters. The summed E-state index contributed by atoms with van der Waals surface area (Å²) >= 11 is 0. The maximum absolute atomic E-state index is 13.1. The van der Waals surface area contributed by atoms with Gasteiger partial charge in [0, 0.05) is 12.1 Å². The third kappa shape index (κ3) is 2.52. The fraction of sp³-hybridized carbons (Fsp3) is 0.235. The van der Waals surface area contributed by atoms with Crippen molar-refractivity contribution >= 4 is 11.5 Å². The van der Waals surface area contributed by atoms with Gasteiger partial charge in [-0.15, -0.1) is 15.3 Å². The Hall–Kier alpha value is -2.80. The fourth-order valence-electron chi connectivity index (χ4n) is 2.89. The van der Waals surface area contributed by atoms with Gasteiger partial charge in [-0.25, -0.2) is 4.39 Å². The Kier molecular flexibility index (Phi) is 3.70. The topological polar surface area (TPSA) is 66.5 Å². The van der Waals surface area contributed by atoms with Crippen LogP contribution in [0.15, 0.2) is 48.6 Å². The second kappa shape index (κ2) is 6.01. The molecule has 7 heteroatoms. The van der Waals surface area contributed by atoms with Crippen LogP contribution in [0.25, 0.3) is 17.0 Å². The number of halogens is 1. The first-order valence-electron chi connectivity index (χ1n) is 7.79. The Morgan fingerprint density at radius 3 is 2.75 bits per heavy atom. The van der Waals surface area contributed by atoms with Crippen molar-refractivity contribution in [1.29, 1.82) is 0 Å². The Balaban J connectivity index is 1.78. The van der Waals surface area contributed by atoms with Crippen LogP contribution in [0.2, 0.25) is 0 Å². The molecule has 0 bridgehead atoms. The van der Waals surface area contributed by atoms with Gasteiger partial charge >= 0.3 is 0 Å². The van der Waals surface area contributed by atoms with Crippen molar-refractivity contribution in [3.63, 3.8) is 0 Å². The van der Waals surface area contributed by atoms with E-state index in [2.05, 4.69) is 21.4 Å². The first-order valence-corrected chi connectivity index (χ1v) is 7.79. The van der Waals surface area contributed by atoms with E-state index in [1.165, 1.54) is 12.1 Å². The summed E-state index contributed by atoms with van der Waals surface area (Å²) in [6, 6.07) is 9.71. The summed E-state index contributed by atoms with van der Waals surface area (Å²) in [6.45, 7) is 0.817. The van der Waals surface area contributed by atoms with E-state index < -0.39 is 0 Å². The van der Waals surface area contributed by atoms with Gasteiger partial charge in [0.15, 0.2) is 11.5 Å². The minimum Gasteiger partial charge on any atom is -0.394 e. The lowest BCUT2D eigenvalue weighted by Gasteiger charge is -2.31. The van der Waals surface area contributed by atoms with Crippen LogP contribution in [0.1, 0.15) is 6.42 Å². The van der Waals surface area contributed by atoms with Crippen LogP contribution < -0.4 is 4.90 Å². The molecule has 122 valence electrons. The SMILES string of the molecule is OCC1C=CCCN1c1ccc2nnc(-c3ccc(F)cc3)n2n1. The normalized spacial score (nSPS) is 17.6. The van der Waals surface area contributed by atoms with Crippen LogP contribution in [0.3, 0.4) is 0 Å². The van der Waals surface area contributed by atoms with E-state index in [1.54, 1.807) is 16.6 Å². The van der Waals surface area contributed by atoms with Crippen LogP contribution in [-0.4, -0.2) is 44.1 Å². The Morgan fingerprint density at radius 1 is 1.12 bits per heavy atom. The zero-order valence-corrected chi connectivity index (χ0v) is 12.9. The van der Waals surface area contributed by atoms with Gasteiger partial charge in [0.1, 0.15) is 11.6 Å². The number of fused-ring (bicyclic) bond motifs is 1. The molecule has 1 aromatic carbocycles. The number of hydrogen-bond acceptors (Lipinski definition) is 5.